The van der Waals surface area contributed by atoms with Gasteiger partial charge in [-0.2, -0.15) is 0 Å². The van der Waals surface area contributed by atoms with E-state index >= 15 is 0 Å². The monoisotopic (exact) mass is 215 g/mol. The largest absolute Gasteiger partial charge is 0.392 e. The molecule has 0 bridgehead atoms. The summed E-state index contributed by atoms with van der Waals surface area (Å²) in [5.74, 6) is -1.17. The lowest BCUT2D eigenvalue weighted by atomic mass is 10.1. The van der Waals surface area contributed by atoms with Crippen LogP contribution < -0.4 is 5.32 Å². The highest BCUT2D eigenvalue weighted by Crippen LogP contribution is 2.15. The molecule has 0 saturated carbocycles. The van der Waals surface area contributed by atoms with Gasteiger partial charge in [0, 0.05) is 18.7 Å². The van der Waals surface area contributed by atoms with Crippen molar-refractivity contribution in [2.75, 3.05) is 6.54 Å². The molecule has 2 nitrogen and oxygen atoms in total. The van der Waals surface area contributed by atoms with Gasteiger partial charge in [-0.25, -0.2) is 8.78 Å². The van der Waals surface area contributed by atoms with Gasteiger partial charge in [-0.05, 0) is 31.5 Å². The standard InChI is InChI=1S/C11H15F2NO/c1-7(15)6-14-8(2)9-3-10(12)5-11(13)4-9/h3-5,7-8,14-15H,6H2,1-2H3/t7-,8-/m0/s1. The van der Waals surface area contributed by atoms with E-state index in [1.807, 2.05) is 0 Å². The lowest BCUT2D eigenvalue weighted by Crippen LogP contribution is -2.27. The Morgan fingerprint density at radius 2 is 1.73 bits per heavy atom. The summed E-state index contributed by atoms with van der Waals surface area (Å²) in [5, 5.41) is 12.0. The second-order valence-electron chi connectivity index (χ2n) is 3.68. The van der Waals surface area contributed by atoms with E-state index in [4.69, 9.17) is 5.11 Å². The molecule has 1 rings (SSSR count). The number of aliphatic hydroxyl groups is 1. The SMILES string of the molecule is C[C@H](O)CN[C@@H](C)c1cc(F)cc(F)c1. The fourth-order valence-electron chi connectivity index (χ4n) is 1.29. The van der Waals surface area contributed by atoms with Gasteiger partial charge in [-0.1, -0.05) is 0 Å². The van der Waals surface area contributed by atoms with E-state index in [-0.39, 0.29) is 6.04 Å². The van der Waals surface area contributed by atoms with Crippen molar-refractivity contribution in [3.8, 4) is 0 Å². The fraction of sp³-hybridized carbons (Fsp3) is 0.455. The lowest BCUT2D eigenvalue weighted by molar-refractivity contribution is 0.187. The molecule has 15 heavy (non-hydrogen) atoms. The predicted octanol–water partition coefficient (Wildman–Crippen LogP) is 2.00. The summed E-state index contributed by atoms with van der Waals surface area (Å²) in [6, 6.07) is 3.21. The number of nitrogens with one attached hydrogen (secondary N) is 1. The van der Waals surface area contributed by atoms with Crippen molar-refractivity contribution < 1.29 is 13.9 Å². The van der Waals surface area contributed by atoms with Crippen LogP contribution in [-0.2, 0) is 0 Å². The third-order valence-corrected chi connectivity index (χ3v) is 2.10. The van der Waals surface area contributed by atoms with E-state index in [9.17, 15) is 8.78 Å². The highest BCUT2D eigenvalue weighted by molar-refractivity contribution is 5.20. The van der Waals surface area contributed by atoms with Crippen LogP contribution in [0.2, 0.25) is 0 Å². The normalized spacial score (nSPS) is 15.0. The minimum absolute atomic E-state index is 0.190. The molecule has 0 spiro atoms. The molecule has 0 amide bonds. The van der Waals surface area contributed by atoms with E-state index in [0.717, 1.165) is 6.07 Å². The van der Waals surface area contributed by atoms with Crippen LogP contribution in [0.25, 0.3) is 0 Å². The quantitative estimate of drug-likeness (QED) is 0.805. The summed E-state index contributed by atoms with van der Waals surface area (Å²) >= 11 is 0. The van der Waals surface area contributed by atoms with E-state index in [2.05, 4.69) is 5.32 Å². The molecule has 0 heterocycles. The van der Waals surface area contributed by atoms with Gasteiger partial charge in [0.1, 0.15) is 11.6 Å². The Morgan fingerprint density at radius 1 is 1.20 bits per heavy atom. The Bertz CT molecular complexity index is 308. The van der Waals surface area contributed by atoms with Crippen LogP contribution in [0.3, 0.4) is 0 Å². The van der Waals surface area contributed by atoms with Gasteiger partial charge in [0.25, 0.3) is 0 Å². The minimum atomic E-state index is -0.587. The molecule has 0 radical (unpaired) electrons. The van der Waals surface area contributed by atoms with Crippen molar-refractivity contribution in [2.45, 2.75) is 26.0 Å². The highest BCUT2D eigenvalue weighted by atomic mass is 19.1. The molecule has 0 saturated heterocycles. The first-order chi connectivity index (χ1) is 6.99. The summed E-state index contributed by atoms with van der Waals surface area (Å²) < 4.78 is 25.7. The third-order valence-electron chi connectivity index (χ3n) is 2.10. The summed E-state index contributed by atoms with van der Waals surface area (Å²) in [4.78, 5) is 0. The maximum absolute atomic E-state index is 12.9. The van der Waals surface area contributed by atoms with E-state index in [1.165, 1.54) is 12.1 Å². The molecule has 0 aliphatic carbocycles. The molecule has 0 aliphatic rings. The molecular weight excluding hydrogens is 200 g/mol. The van der Waals surface area contributed by atoms with Crippen molar-refractivity contribution in [3.63, 3.8) is 0 Å². The first kappa shape index (κ1) is 12.1. The zero-order valence-corrected chi connectivity index (χ0v) is 8.80. The Balaban J connectivity index is 2.68. The van der Waals surface area contributed by atoms with Crippen molar-refractivity contribution in [1.82, 2.24) is 5.32 Å². The average Bonchev–Trinajstić information content (AvgIpc) is 2.12. The number of rotatable bonds is 4. The van der Waals surface area contributed by atoms with Crippen LogP contribution >= 0.6 is 0 Å². The van der Waals surface area contributed by atoms with Gasteiger partial charge in [-0.15, -0.1) is 0 Å². The maximum atomic E-state index is 12.9. The maximum Gasteiger partial charge on any atom is 0.126 e. The second kappa shape index (κ2) is 5.19. The number of hydrogen-bond donors (Lipinski definition) is 2. The predicted molar refractivity (Wildman–Crippen MR) is 54.5 cm³/mol. The van der Waals surface area contributed by atoms with Gasteiger partial charge < -0.3 is 10.4 Å². The van der Waals surface area contributed by atoms with Crippen molar-refractivity contribution in [3.05, 3.63) is 35.4 Å². The Kier molecular flexibility index (Phi) is 4.17. The summed E-state index contributed by atoms with van der Waals surface area (Å²) in [6.45, 7) is 3.82. The molecule has 0 unspecified atom stereocenters. The Labute approximate surface area is 87.9 Å². The molecule has 4 heteroatoms. The zero-order valence-electron chi connectivity index (χ0n) is 8.80. The molecule has 84 valence electrons. The molecular formula is C11H15F2NO. The van der Waals surface area contributed by atoms with Gasteiger partial charge in [0.15, 0.2) is 0 Å². The van der Waals surface area contributed by atoms with Crippen molar-refractivity contribution in [1.29, 1.82) is 0 Å². The van der Waals surface area contributed by atoms with Crippen LogP contribution in [0.15, 0.2) is 18.2 Å². The van der Waals surface area contributed by atoms with E-state index in [0.29, 0.717) is 12.1 Å². The van der Waals surface area contributed by atoms with Crippen LogP contribution in [0.4, 0.5) is 8.78 Å². The first-order valence-corrected chi connectivity index (χ1v) is 4.86. The van der Waals surface area contributed by atoms with Gasteiger partial charge in [0.2, 0.25) is 0 Å². The van der Waals surface area contributed by atoms with E-state index < -0.39 is 17.7 Å². The topological polar surface area (TPSA) is 32.3 Å². The number of hydrogen-bond acceptors (Lipinski definition) is 2. The lowest BCUT2D eigenvalue weighted by Gasteiger charge is -2.15. The highest BCUT2D eigenvalue weighted by Gasteiger charge is 2.08. The molecule has 0 fully saturated rings. The average molecular weight is 215 g/mol. The van der Waals surface area contributed by atoms with E-state index in [1.54, 1.807) is 13.8 Å². The van der Waals surface area contributed by atoms with Crippen LogP contribution in [-0.4, -0.2) is 17.8 Å². The molecule has 1 aromatic carbocycles. The smallest absolute Gasteiger partial charge is 0.126 e. The third kappa shape index (κ3) is 3.93. The molecule has 0 aromatic heterocycles. The minimum Gasteiger partial charge on any atom is -0.392 e. The van der Waals surface area contributed by atoms with Crippen LogP contribution in [0.5, 0.6) is 0 Å². The van der Waals surface area contributed by atoms with Crippen LogP contribution in [0.1, 0.15) is 25.5 Å². The molecule has 1 aromatic rings. The second-order valence-corrected chi connectivity index (χ2v) is 3.68. The fourth-order valence-corrected chi connectivity index (χ4v) is 1.29. The van der Waals surface area contributed by atoms with Gasteiger partial charge >= 0.3 is 0 Å². The Morgan fingerprint density at radius 3 is 2.20 bits per heavy atom. The summed E-state index contributed by atoms with van der Waals surface area (Å²) in [7, 11) is 0. The summed E-state index contributed by atoms with van der Waals surface area (Å²) in [6.07, 6.45) is -0.481. The Hall–Kier alpha value is -1.00. The van der Waals surface area contributed by atoms with Gasteiger partial charge in [0.05, 0.1) is 6.10 Å². The number of aliphatic hydroxyl groups excluding tert-OH is 1. The summed E-state index contributed by atoms with van der Waals surface area (Å²) in [5.41, 5.74) is 0.535. The molecule has 2 atom stereocenters. The zero-order chi connectivity index (χ0) is 11.4. The van der Waals surface area contributed by atoms with Crippen molar-refractivity contribution >= 4 is 0 Å². The first-order valence-electron chi connectivity index (χ1n) is 4.86. The number of benzene rings is 1. The number of halogens is 2. The van der Waals surface area contributed by atoms with Crippen LogP contribution in [0, 0.1) is 11.6 Å². The molecule has 2 N–H and O–H groups in total. The van der Waals surface area contributed by atoms with Gasteiger partial charge in [-0.3, -0.25) is 0 Å². The molecule has 0 aliphatic heterocycles. The van der Waals surface area contributed by atoms with Crippen molar-refractivity contribution in [2.24, 2.45) is 0 Å².